The van der Waals surface area contributed by atoms with Crippen LogP contribution in [0.15, 0.2) is 35.7 Å². The zero-order chi connectivity index (χ0) is 9.56. The standard InChI is InChI=1S/C10H12FN/c1-4-8(3)6-9(7-12)10(11)5-2/h5-6H,2,4H2,1,3H3/b8-6+,10-9-. The van der Waals surface area contributed by atoms with Gasteiger partial charge in [0.25, 0.3) is 0 Å². The van der Waals surface area contributed by atoms with Crippen LogP contribution in [0.5, 0.6) is 0 Å². The quantitative estimate of drug-likeness (QED) is 0.465. The molecule has 0 unspecified atom stereocenters. The number of nitriles is 1. The second kappa shape index (κ2) is 5.31. The molecule has 0 aliphatic rings. The molecular formula is C10H12FN. The second-order valence-electron chi connectivity index (χ2n) is 2.42. The Kier molecular flexibility index (Phi) is 4.71. The van der Waals surface area contributed by atoms with Gasteiger partial charge >= 0.3 is 0 Å². The molecule has 64 valence electrons. The molecule has 0 rings (SSSR count). The minimum Gasteiger partial charge on any atom is -0.206 e. The summed E-state index contributed by atoms with van der Waals surface area (Å²) in [4.78, 5) is 0. The van der Waals surface area contributed by atoms with E-state index < -0.39 is 5.83 Å². The zero-order valence-corrected chi connectivity index (χ0v) is 7.39. The lowest BCUT2D eigenvalue weighted by atomic mass is 10.1. The summed E-state index contributed by atoms with van der Waals surface area (Å²) in [6, 6.07) is 1.77. The molecule has 0 fully saturated rings. The van der Waals surface area contributed by atoms with Crippen LogP contribution >= 0.6 is 0 Å². The van der Waals surface area contributed by atoms with Crippen molar-refractivity contribution in [1.82, 2.24) is 0 Å². The molecule has 0 atom stereocenters. The minimum absolute atomic E-state index is 0.0457. The minimum atomic E-state index is -0.565. The first-order valence-electron chi connectivity index (χ1n) is 3.75. The Bertz CT molecular complexity index is 266. The molecule has 0 aliphatic heterocycles. The Morgan fingerprint density at radius 1 is 1.67 bits per heavy atom. The summed E-state index contributed by atoms with van der Waals surface area (Å²) in [5, 5.41) is 8.53. The van der Waals surface area contributed by atoms with Crippen molar-refractivity contribution in [2.75, 3.05) is 0 Å². The van der Waals surface area contributed by atoms with Crippen molar-refractivity contribution in [2.45, 2.75) is 20.3 Å². The summed E-state index contributed by atoms with van der Waals surface area (Å²) in [5.74, 6) is -0.565. The molecule has 1 nitrogen and oxygen atoms in total. The van der Waals surface area contributed by atoms with Gasteiger partial charge in [-0.3, -0.25) is 0 Å². The maximum atomic E-state index is 12.8. The van der Waals surface area contributed by atoms with E-state index in [2.05, 4.69) is 6.58 Å². The number of allylic oxidation sites excluding steroid dienone is 5. The maximum absolute atomic E-state index is 12.8. The predicted molar refractivity (Wildman–Crippen MR) is 48.0 cm³/mol. The molecule has 0 radical (unpaired) electrons. The van der Waals surface area contributed by atoms with Gasteiger partial charge in [0.1, 0.15) is 11.9 Å². The molecule has 0 heterocycles. The average Bonchev–Trinajstić information content (AvgIpc) is 2.12. The number of nitrogens with zero attached hydrogens (tertiary/aromatic N) is 1. The van der Waals surface area contributed by atoms with Gasteiger partial charge in [-0.05, 0) is 25.5 Å². The van der Waals surface area contributed by atoms with Crippen molar-refractivity contribution in [3.8, 4) is 6.07 Å². The normalized spacial score (nSPS) is 13.3. The van der Waals surface area contributed by atoms with E-state index in [9.17, 15) is 4.39 Å². The number of halogens is 1. The molecular weight excluding hydrogens is 153 g/mol. The van der Waals surface area contributed by atoms with Crippen LogP contribution in [0.25, 0.3) is 0 Å². The molecule has 0 N–H and O–H groups in total. The molecule has 12 heavy (non-hydrogen) atoms. The lowest BCUT2D eigenvalue weighted by molar-refractivity contribution is 0.662. The van der Waals surface area contributed by atoms with E-state index >= 15 is 0 Å². The van der Waals surface area contributed by atoms with Gasteiger partial charge in [-0.15, -0.1) is 0 Å². The molecule has 0 spiro atoms. The molecule has 2 heteroatoms. The van der Waals surface area contributed by atoms with Crippen LogP contribution in [0, 0.1) is 11.3 Å². The Morgan fingerprint density at radius 2 is 2.25 bits per heavy atom. The lowest BCUT2D eigenvalue weighted by Gasteiger charge is -1.94. The van der Waals surface area contributed by atoms with E-state index in [1.165, 1.54) is 6.08 Å². The summed E-state index contributed by atoms with van der Waals surface area (Å²) < 4.78 is 12.8. The van der Waals surface area contributed by atoms with Gasteiger partial charge in [0, 0.05) is 0 Å². The molecule has 0 aromatic heterocycles. The van der Waals surface area contributed by atoms with Crippen LogP contribution in [-0.4, -0.2) is 0 Å². The van der Waals surface area contributed by atoms with Crippen LogP contribution in [0.4, 0.5) is 4.39 Å². The summed E-state index contributed by atoms with van der Waals surface area (Å²) >= 11 is 0. The van der Waals surface area contributed by atoms with Crippen molar-refractivity contribution in [3.63, 3.8) is 0 Å². The summed E-state index contributed by atoms with van der Waals surface area (Å²) in [5.41, 5.74) is 1.02. The topological polar surface area (TPSA) is 23.8 Å². The summed E-state index contributed by atoms with van der Waals surface area (Å²) in [6.45, 7) is 7.06. The summed E-state index contributed by atoms with van der Waals surface area (Å²) in [6.07, 6.45) is 3.39. The molecule has 0 aromatic rings. The van der Waals surface area contributed by atoms with Crippen LogP contribution in [0.3, 0.4) is 0 Å². The smallest absolute Gasteiger partial charge is 0.140 e. The van der Waals surface area contributed by atoms with E-state index in [0.29, 0.717) is 0 Å². The van der Waals surface area contributed by atoms with Crippen LogP contribution < -0.4 is 0 Å². The maximum Gasteiger partial charge on any atom is 0.140 e. The van der Waals surface area contributed by atoms with E-state index in [-0.39, 0.29) is 5.57 Å². The van der Waals surface area contributed by atoms with E-state index in [0.717, 1.165) is 18.1 Å². The molecule has 0 bridgehead atoms. The Balaban J connectivity index is 4.85. The van der Waals surface area contributed by atoms with Gasteiger partial charge in [-0.1, -0.05) is 19.1 Å². The van der Waals surface area contributed by atoms with Crippen molar-refractivity contribution in [2.24, 2.45) is 0 Å². The zero-order valence-electron chi connectivity index (χ0n) is 7.39. The highest BCUT2D eigenvalue weighted by atomic mass is 19.1. The van der Waals surface area contributed by atoms with Gasteiger partial charge in [0.2, 0.25) is 0 Å². The SMILES string of the molecule is C=C/C(F)=C(C#N)\C=C(/C)CC. The van der Waals surface area contributed by atoms with Gasteiger partial charge in [-0.25, -0.2) is 4.39 Å². The van der Waals surface area contributed by atoms with Crippen LogP contribution in [-0.2, 0) is 0 Å². The number of hydrogen-bond acceptors (Lipinski definition) is 1. The number of hydrogen-bond donors (Lipinski definition) is 0. The second-order valence-corrected chi connectivity index (χ2v) is 2.42. The molecule has 0 saturated heterocycles. The fraction of sp³-hybridized carbons (Fsp3) is 0.300. The predicted octanol–water partition coefficient (Wildman–Crippen LogP) is 3.28. The first kappa shape index (κ1) is 10.6. The van der Waals surface area contributed by atoms with Crippen molar-refractivity contribution < 1.29 is 4.39 Å². The lowest BCUT2D eigenvalue weighted by Crippen LogP contribution is -1.80. The van der Waals surface area contributed by atoms with E-state index in [4.69, 9.17) is 5.26 Å². The number of rotatable bonds is 3. The van der Waals surface area contributed by atoms with Crippen LogP contribution in [0.1, 0.15) is 20.3 Å². The molecule has 0 aliphatic carbocycles. The third-order valence-corrected chi connectivity index (χ3v) is 1.51. The van der Waals surface area contributed by atoms with E-state index in [1.54, 1.807) is 6.07 Å². The third-order valence-electron chi connectivity index (χ3n) is 1.51. The van der Waals surface area contributed by atoms with Gasteiger partial charge in [-0.2, -0.15) is 5.26 Å². The Morgan fingerprint density at radius 3 is 2.58 bits per heavy atom. The van der Waals surface area contributed by atoms with Crippen molar-refractivity contribution in [1.29, 1.82) is 5.26 Å². The molecule has 0 amide bonds. The highest BCUT2D eigenvalue weighted by Crippen LogP contribution is 2.11. The fourth-order valence-electron chi connectivity index (χ4n) is 0.613. The first-order valence-corrected chi connectivity index (χ1v) is 3.75. The van der Waals surface area contributed by atoms with Gasteiger partial charge < -0.3 is 0 Å². The highest BCUT2D eigenvalue weighted by Gasteiger charge is 1.98. The fourth-order valence-corrected chi connectivity index (χ4v) is 0.613. The van der Waals surface area contributed by atoms with Crippen molar-refractivity contribution >= 4 is 0 Å². The highest BCUT2D eigenvalue weighted by molar-refractivity contribution is 5.40. The Labute approximate surface area is 72.5 Å². The van der Waals surface area contributed by atoms with E-state index in [1.807, 2.05) is 13.8 Å². The Hall–Kier alpha value is -1.36. The average molecular weight is 165 g/mol. The van der Waals surface area contributed by atoms with Gasteiger partial charge in [0.05, 0.1) is 5.57 Å². The first-order chi connectivity index (χ1) is 5.65. The van der Waals surface area contributed by atoms with Crippen molar-refractivity contribution in [3.05, 3.63) is 35.7 Å². The van der Waals surface area contributed by atoms with Crippen LogP contribution in [0.2, 0.25) is 0 Å². The largest absolute Gasteiger partial charge is 0.206 e. The molecule has 0 aromatic carbocycles. The van der Waals surface area contributed by atoms with Gasteiger partial charge in [0.15, 0.2) is 0 Å². The monoisotopic (exact) mass is 165 g/mol. The third kappa shape index (κ3) is 3.16. The summed E-state index contributed by atoms with van der Waals surface area (Å²) in [7, 11) is 0. The molecule has 0 saturated carbocycles.